The Labute approximate surface area is 162 Å². The van der Waals surface area contributed by atoms with Crippen LogP contribution in [0.15, 0.2) is 48.7 Å². The van der Waals surface area contributed by atoms with Crippen LogP contribution in [0, 0.1) is 0 Å². The largest absolute Gasteiger partial charge is 0.416 e. The van der Waals surface area contributed by atoms with Crippen molar-refractivity contribution >= 4 is 32.4 Å². The molecule has 4 rings (SSSR count). The molecule has 1 amide bonds. The summed E-state index contributed by atoms with van der Waals surface area (Å²) in [5.74, 6) is 0.00210. The molecule has 8 heteroatoms. The van der Waals surface area contributed by atoms with Crippen molar-refractivity contribution in [3.8, 4) is 11.3 Å². The van der Waals surface area contributed by atoms with Gasteiger partial charge in [-0.25, -0.2) is 4.98 Å². The lowest BCUT2D eigenvalue weighted by molar-refractivity contribution is -0.137. The second-order valence-electron chi connectivity index (χ2n) is 6.43. The van der Waals surface area contributed by atoms with Gasteiger partial charge in [-0.1, -0.05) is 29.5 Å². The number of rotatable bonds is 4. The van der Waals surface area contributed by atoms with Crippen molar-refractivity contribution in [3.63, 3.8) is 0 Å². The number of amides is 1. The number of nitrogens with zero attached hydrogens (tertiary/aromatic N) is 2. The molecule has 2 heterocycles. The van der Waals surface area contributed by atoms with Crippen molar-refractivity contribution < 1.29 is 18.0 Å². The van der Waals surface area contributed by atoms with Crippen molar-refractivity contribution in [2.24, 2.45) is 0 Å². The highest BCUT2D eigenvalue weighted by molar-refractivity contribution is 7.23. The maximum Gasteiger partial charge on any atom is 0.416 e. The molecule has 0 fully saturated rings. The molecule has 0 saturated heterocycles. The SMILES string of the molecule is CNC(=O)CCc1ccc2c(c1)sc1nc(-c3ccc(C(F)(F)F)cc3)cn12. The van der Waals surface area contributed by atoms with Crippen molar-refractivity contribution in [2.75, 3.05) is 7.05 Å². The van der Waals surface area contributed by atoms with Crippen LogP contribution in [0.25, 0.3) is 26.4 Å². The van der Waals surface area contributed by atoms with Gasteiger partial charge in [0.05, 0.1) is 21.5 Å². The Morgan fingerprint density at radius 3 is 2.61 bits per heavy atom. The highest BCUT2D eigenvalue weighted by Gasteiger charge is 2.30. The van der Waals surface area contributed by atoms with E-state index in [1.54, 1.807) is 7.05 Å². The second-order valence-corrected chi connectivity index (χ2v) is 7.44. The molecule has 0 bridgehead atoms. The van der Waals surface area contributed by atoms with Gasteiger partial charge in [-0.2, -0.15) is 13.2 Å². The predicted molar refractivity (Wildman–Crippen MR) is 103 cm³/mol. The summed E-state index contributed by atoms with van der Waals surface area (Å²) < 4.78 is 41.2. The Bertz CT molecular complexity index is 1160. The number of halogens is 3. The van der Waals surface area contributed by atoms with Gasteiger partial charge < -0.3 is 5.32 Å². The molecule has 2 aromatic carbocycles. The first-order valence-corrected chi connectivity index (χ1v) is 9.45. The topological polar surface area (TPSA) is 46.4 Å². The number of alkyl halides is 3. The molecule has 0 aliphatic heterocycles. The van der Waals surface area contributed by atoms with Crippen LogP contribution in [-0.2, 0) is 17.4 Å². The first-order chi connectivity index (χ1) is 13.3. The second kappa shape index (κ2) is 6.94. The van der Waals surface area contributed by atoms with E-state index in [9.17, 15) is 18.0 Å². The predicted octanol–water partition coefficient (Wildman–Crippen LogP) is 4.91. The van der Waals surface area contributed by atoms with Crippen LogP contribution in [0.3, 0.4) is 0 Å². The number of nitrogens with one attached hydrogen (secondary N) is 1. The molecule has 0 atom stereocenters. The van der Waals surface area contributed by atoms with Crippen LogP contribution in [-0.4, -0.2) is 22.3 Å². The van der Waals surface area contributed by atoms with Crippen molar-refractivity contribution in [1.82, 2.24) is 14.7 Å². The molecule has 0 saturated carbocycles. The van der Waals surface area contributed by atoms with E-state index in [1.807, 2.05) is 22.7 Å². The van der Waals surface area contributed by atoms with Gasteiger partial charge >= 0.3 is 6.18 Å². The molecule has 2 aromatic heterocycles. The van der Waals surface area contributed by atoms with Gasteiger partial charge in [0.15, 0.2) is 4.96 Å². The molecule has 0 unspecified atom stereocenters. The minimum absolute atomic E-state index is 0.00210. The standard InChI is InChI=1S/C20H16F3N3OS/c1-24-18(27)9-3-12-2-8-16-17(10-12)28-19-25-15(11-26(16)19)13-4-6-14(7-5-13)20(21,22)23/h2,4-8,10-11H,3,9H2,1H3,(H,24,27). The molecular weight excluding hydrogens is 387 g/mol. The summed E-state index contributed by atoms with van der Waals surface area (Å²) in [5, 5.41) is 2.61. The molecule has 144 valence electrons. The fraction of sp³-hybridized carbons (Fsp3) is 0.200. The van der Waals surface area contributed by atoms with Crippen LogP contribution in [0.5, 0.6) is 0 Å². The maximum atomic E-state index is 12.7. The molecule has 0 spiro atoms. The Morgan fingerprint density at radius 1 is 1.18 bits per heavy atom. The Kier molecular flexibility index (Phi) is 4.58. The summed E-state index contributed by atoms with van der Waals surface area (Å²) in [5.41, 5.74) is 2.65. The highest BCUT2D eigenvalue weighted by atomic mass is 32.1. The first-order valence-electron chi connectivity index (χ1n) is 8.64. The smallest absolute Gasteiger partial charge is 0.359 e. The van der Waals surface area contributed by atoms with E-state index in [2.05, 4.69) is 16.4 Å². The van der Waals surface area contributed by atoms with Crippen LogP contribution >= 0.6 is 11.3 Å². The number of carbonyl (C=O) groups excluding carboxylic acids is 1. The van der Waals surface area contributed by atoms with Crippen molar-refractivity contribution in [3.05, 3.63) is 59.8 Å². The van der Waals surface area contributed by atoms with Gasteiger partial charge in [0.1, 0.15) is 0 Å². The third-order valence-electron chi connectivity index (χ3n) is 4.59. The van der Waals surface area contributed by atoms with Crippen LogP contribution in [0.2, 0.25) is 0 Å². The Hall–Kier alpha value is -2.87. The monoisotopic (exact) mass is 403 g/mol. The summed E-state index contributed by atoms with van der Waals surface area (Å²) in [6.45, 7) is 0. The maximum absolute atomic E-state index is 12.7. The van der Waals surface area contributed by atoms with E-state index in [0.717, 1.165) is 32.9 Å². The zero-order valence-corrected chi connectivity index (χ0v) is 15.7. The Balaban J connectivity index is 1.63. The number of hydrogen-bond donors (Lipinski definition) is 1. The average molecular weight is 403 g/mol. The number of hydrogen-bond acceptors (Lipinski definition) is 3. The molecule has 4 nitrogen and oxygen atoms in total. The fourth-order valence-electron chi connectivity index (χ4n) is 3.05. The number of thiazole rings is 1. The lowest BCUT2D eigenvalue weighted by Gasteiger charge is -2.06. The first kappa shape index (κ1) is 18.5. The molecule has 28 heavy (non-hydrogen) atoms. The van der Waals surface area contributed by atoms with Crippen molar-refractivity contribution in [1.29, 1.82) is 0 Å². The normalized spacial score (nSPS) is 12.0. The fourth-order valence-corrected chi connectivity index (χ4v) is 4.12. The molecular formula is C20H16F3N3OS. The number of aryl methyl sites for hydroxylation is 1. The van der Waals surface area contributed by atoms with Gasteiger partial charge in [-0.3, -0.25) is 9.20 Å². The molecule has 4 aromatic rings. The number of aromatic nitrogens is 2. The summed E-state index contributed by atoms with van der Waals surface area (Å²) in [7, 11) is 1.62. The van der Waals surface area contributed by atoms with E-state index < -0.39 is 11.7 Å². The lowest BCUT2D eigenvalue weighted by atomic mass is 10.1. The third-order valence-corrected chi connectivity index (χ3v) is 5.60. The minimum atomic E-state index is -4.35. The number of fused-ring (bicyclic) bond motifs is 3. The Morgan fingerprint density at radius 2 is 1.93 bits per heavy atom. The third kappa shape index (κ3) is 3.47. The van der Waals surface area contributed by atoms with Gasteiger partial charge in [-0.15, -0.1) is 0 Å². The van der Waals surface area contributed by atoms with E-state index in [1.165, 1.54) is 23.5 Å². The van der Waals surface area contributed by atoms with Gasteiger partial charge in [0.25, 0.3) is 0 Å². The van der Waals surface area contributed by atoms with Gasteiger partial charge in [0, 0.05) is 25.2 Å². The van der Waals surface area contributed by atoms with Crippen molar-refractivity contribution in [2.45, 2.75) is 19.0 Å². The minimum Gasteiger partial charge on any atom is -0.359 e. The zero-order valence-electron chi connectivity index (χ0n) is 14.9. The molecule has 0 radical (unpaired) electrons. The number of benzene rings is 2. The van der Waals surface area contributed by atoms with E-state index >= 15 is 0 Å². The van der Waals surface area contributed by atoms with Crippen LogP contribution in [0.1, 0.15) is 17.5 Å². The highest BCUT2D eigenvalue weighted by Crippen LogP contribution is 2.33. The molecule has 0 aliphatic carbocycles. The summed E-state index contributed by atoms with van der Waals surface area (Å²) >= 11 is 1.51. The van der Waals surface area contributed by atoms with Gasteiger partial charge in [-0.05, 0) is 36.2 Å². The zero-order chi connectivity index (χ0) is 19.9. The number of carbonyl (C=O) groups is 1. The van der Waals surface area contributed by atoms with E-state index in [0.29, 0.717) is 24.1 Å². The van der Waals surface area contributed by atoms with Crippen LogP contribution in [0.4, 0.5) is 13.2 Å². The molecule has 1 N–H and O–H groups in total. The quantitative estimate of drug-likeness (QED) is 0.526. The van der Waals surface area contributed by atoms with Gasteiger partial charge in [0.2, 0.25) is 5.91 Å². The summed E-state index contributed by atoms with van der Waals surface area (Å²) in [6, 6.07) is 11.0. The van der Waals surface area contributed by atoms with Crippen LogP contribution < -0.4 is 5.32 Å². The molecule has 0 aliphatic rings. The lowest BCUT2D eigenvalue weighted by Crippen LogP contribution is -2.17. The number of imidazole rings is 1. The van der Waals surface area contributed by atoms with E-state index in [4.69, 9.17) is 0 Å². The average Bonchev–Trinajstić information content (AvgIpc) is 3.23. The van der Waals surface area contributed by atoms with E-state index in [-0.39, 0.29) is 5.91 Å². The summed E-state index contributed by atoms with van der Waals surface area (Å²) in [4.78, 5) is 16.7. The summed E-state index contributed by atoms with van der Waals surface area (Å²) in [6.07, 6.45) is -1.42.